The molecule has 3 atom stereocenters. The minimum absolute atomic E-state index is 0.356. The van der Waals surface area contributed by atoms with Crippen LogP contribution in [0.25, 0.3) is 0 Å². The summed E-state index contributed by atoms with van der Waals surface area (Å²) in [5, 5.41) is 9.20. The summed E-state index contributed by atoms with van der Waals surface area (Å²) in [4.78, 5) is 0. The fourth-order valence-corrected chi connectivity index (χ4v) is 2.49. The molecule has 0 spiro atoms. The van der Waals surface area contributed by atoms with E-state index in [1.54, 1.807) is 0 Å². The van der Waals surface area contributed by atoms with Crippen molar-refractivity contribution in [3.63, 3.8) is 0 Å². The Kier molecular flexibility index (Phi) is 3.55. The zero-order valence-electron chi connectivity index (χ0n) is 9.09. The summed E-state index contributed by atoms with van der Waals surface area (Å²) in [5.74, 6) is 1.16. The molecule has 76 valence electrons. The Morgan fingerprint density at radius 3 is 2.62 bits per heavy atom. The van der Waals surface area contributed by atoms with Crippen LogP contribution < -0.4 is 0 Å². The molecule has 0 saturated heterocycles. The summed E-state index contributed by atoms with van der Waals surface area (Å²) in [6.07, 6.45) is 8.20. The second kappa shape index (κ2) is 4.28. The smallest absolute Gasteiger partial charge is 0.0470 e. The van der Waals surface area contributed by atoms with Crippen LogP contribution in [0.1, 0.15) is 40.0 Å². The highest BCUT2D eigenvalue weighted by Gasteiger charge is 2.57. The van der Waals surface area contributed by atoms with Crippen molar-refractivity contribution in [2.75, 3.05) is 6.61 Å². The molecule has 1 aliphatic carbocycles. The fourth-order valence-electron chi connectivity index (χ4n) is 2.49. The average molecular weight is 182 g/mol. The first-order chi connectivity index (χ1) is 6.20. The average Bonchev–Trinajstić information content (AvgIpc) is 2.69. The molecule has 0 bridgehead atoms. The number of rotatable bonds is 5. The van der Waals surface area contributed by atoms with Crippen LogP contribution in [0.4, 0.5) is 0 Å². The lowest BCUT2D eigenvalue weighted by molar-refractivity contribution is 0.248. The molecule has 1 heteroatoms. The minimum Gasteiger partial charge on any atom is -0.396 e. The third kappa shape index (κ3) is 1.96. The molecule has 13 heavy (non-hydrogen) atoms. The molecule has 0 aliphatic heterocycles. The summed E-state index contributed by atoms with van der Waals surface area (Å²) in [6.45, 7) is 6.96. The molecule has 0 radical (unpaired) electrons. The van der Waals surface area contributed by atoms with Crippen LogP contribution in [0.15, 0.2) is 12.2 Å². The predicted molar refractivity (Wildman–Crippen MR) is 56.5 cm³/mol. The maximum atomic E-state index is 9.20. The summed E-state index contributed by atoms with van der Waals surface area (Å²) in [7, 11) is 0. The molecule has 1 saturated carbocycles. The van der Waals surface area contributed by atoms with Gasteiger partial charge in [0.15, 0.2) is 0 Å². The first-order valence-electron chi connectivity index (χ1n) is 5.44. The zero-order valence-corrected chi connectivity index (χ0v) is 9.09. The van der Waals surface area contributed by atoms with Crippen molar-refractivity contribution in [1.82, 2.24) is 0 Å². The lowest BCUT2D eigenvalue weighted by Gasteiger charge is -2.09. The van der Waals surface area contributed by atoms with Crippen molar-refractivity contribution >= 4 is 0 Å². The summed E-state index contributed by atoms with van der Waals surface area (Å²) in [6, 6.07) is 0. The summed E-state index contributed by atoms with van der Waals surface area (Å²) < 4.78 is 0. The van der Waals surface area contributed by atoms with Gasteiger partial charge < -0.3 is 5.11 Å². The van der Waals surface area contributed by atoms with Gasteiger partial charge in [-0.15, -0.1) is 0 Å². The van der Waals surface area contributed by atoms with Crippen LogP contribution in [0.2, 0.25) is 0 Å². The van der Waals surface area contributed by atoms with Crippen LogP contribution in [-0.2, 0) is 0 Å². The van der Waals surface area contributed by atoms with Crippen molar-refractivity contribution < 1.29 is 5.11 Å². The normalized spacial score (nSPS) is 38.5. The third-order valence-electron chi connectivity index (χ3n) is 3.60. The highest BCUT2D eigenvalue weighted by molar-refractivity contribution is 5.15. The van der Waals surface area contributed by atoms with Crippen molar-refractivity contribution in [2.24, 2.45) is 17.3 Å². The van der Waals surface area contributed by atoms with Crippen molar-refractivity contribution in [3.05, 3.63) is 12.2 Å². The lowest BCUT2D eigenvalue weighted by Crippen LogP contribution is -2.01. The van der Waals surface area contributed by atoms with E-state index in [4.69, 9.17) is 0 Å². The van der Waals surface area contributed by atoms with Gasteiger partial charge in [0.25, 0.3) is 0 Å². The maximum absolute atomic E-state index is 9.20. The Morgan fingerprint density at radius 2 is 2.15 bits per heavy atom. The Bertz CT molecular complexity index is 186. The molecule has 0 aromatic carbocycles. The minimum atomic E-state index is 0.356. The van der Waals surface area contributed by atoms with Crippen molar-refractivity contribution in [1.29, 1.82) is 0 Å². The van der Waals surface area contributed by atoms with Crippen LogP contribution in [0, 0.1) is 17.3 Å². The molecular weight excluding hydrogens is 160 g/mol. The van der Waals surface area contributed by atoms with E-state index in [0.29, 0.717) is 23.9 Å². The summed E-state index contributed by atoms with van der Waals surface area (Å²) in [5.41, 5.74) is 0.400. The van der Waals surface area contributed by atoms with Gasteiger partial charge in [-0.25, -0.2) is 0 Å². The van der Waals surface area contributed by atoms with E-state index in [1.807, 2.05) is 0 Å². The molecule has 0 aromatic heterocycles. The van der Waals surface area contributed by atoms with Gasteiger partial charge in [-0.2, -0.15) is 0 Å². The van der Waals surface area contributed by atoms with Crippen LogP contribution in [0.3, 0.4) is 0 Å². The number of allylic oxidation sites excluding steroid dienone is 2. The standard InChI is InChI=1S/C12H22O/c1-4-6-8-12(3)10(7-5-2)11(12)9-13/h5,7,10-11,13H,4,6,8-9H2,1-3H3/b7-5+/t10-,11+,12+/m1/s1. The molecule has 0 heterocycles. The lowest BCUT2D eigenvalue weighted by atomic mass is 9.97. The Hall–Kier alpha value is -0.300. The van der Waals surface area contributed by atoms with Gasteiger partial charge >= 0.3 is 0 Å². The molecule has 1 fully saturated rings. The molecule has 0 unspecified atom stereocenters. The molecular formula is C12H22O. The quantitative estimate of drug-likeness (QED) is 0.648. The maximum Gasteiger partial charge on any atom is 0.0470 e. The first kappa shape index (κ1) is 10.8. The Morgan fingerprint density at radius 1 is 1.46 bits per heavy atom. The molecule has 0 amide bonds. The van der Waals surface area contributed by atoms with E-state index < -0.39 is 0 Å². The van der Waals surface area contributed by atoms with E-state index in [-0.39, 0.29) is 0 Å². The Labute approximate surface area is 81.9 Å². The topological polar surface area (TPSA) is 20.2 Å². The number of hydrogen-bond acceptors (Lipinski definition) is 1. The van der Waals surface area contributed by atoms with E-state index >= 15 is 0 Å². The number of aliphatic hydroxyl groups excluding tert-OH is 1. The van der Waals surface area contributed by atoms with Gasteiger partial charge in [-0.1, -0.05) is 38.8 Å². The van der Waals surface area contributed by atoms with Gasteiger partial charge in [0.1, 0.15) is 0 Å². The number of aliphatic hydroxyl groups is 1. The van der Waals surface area contributed by atoms with Crippen LogP contribution >= 0.6 is 0 Å². The molecule has 0 aromatic rings. The molecule has 1 rings (SSSR count). The van der Waals surface area contributed by atoms with Gasteiger partial charge in [-0.05, 0) is 30.6 Å². The van der Waals surface area contributed by atoms with Crippen LogP contribution in [0.5, 0.6) is 0 Å². The molecule has 1 nitrogen and oxygen atoms in total. The van der Waals surface area contributed by atoms with E-state index in [0.717, 1.165) is 0 Å². The highest BCUT2D eigenvalue weighted by atomic mass is 16.3. The highest BCUT2D eigenvalue weighted by Crippen LogP contribution is 2.61. The van der Waals surface area contributed by atoms with Gasteiger partial charge in [-0.3, -0.25) is 0 Å². The molecule has 1 aliphatic rings. The second-order valence-corrected chi connectivity index (χ2v) is 4.45. The van der Waals surface area contributed by atoms with Gasteiger partial charge in [0, 0.05) is 6.61 Å². The fraction of sp³-hybridized carbons (Fsp3) is 0.833. The van der Waals surface area contributed by atoms with E-state index in [2.05, 4.69) is 32.9 Å². The second-order valence-electron chi connectivity index (χ2n) is 4.45. The number of unbranched alkanes of at least 4 members (excludes halogenated alkanes) is 1. The predicted octanol–water partition coefficient (Wildman–Crippen LogP) is 3.00. The first-order valence-corrected chi connectivity index (χ1v) is 5.44. The van der Waals surface area contributed by atoms with E-state index in [1.165, 1.54) is 19.3 Å². The van der Waals surface area contributed by atoms with Gasteiger partial charge in [0.05, 0.1) is 0 Å². The monoisotopic (exact) mass is 182 g/mol. The SMILES string of the molecule is C/C=C/[C@@H]1[C@H](CO)[C@@]1(C)CCCC. The number of hydrogen-bond donors (Lipinski definition) is 1. The van der Waals surface area contributed by atoms with E-state index in [9.17, 15) is 5.11 Å². The third-order valence-corrected chi connectivity index (χ3v) is 3.60. The summed E-state index contributed by atoms with van der Waals surface area (Å²) >= 11 is 0. The van der Waals surface area contributed by atoms with Crippen LogP contribution in [-0.4, -0.2) is 11.7 Å². The van der Waals surface area contributed by atoms with Crippen molar-refractivity contribution in [2.45, 2.75) is 40.0 Å². The molecule has 1 N–H and O–H groups in total. The largest absolute Gasteiger partial charge is 0.396 e. The Balaban J connectivity index is 2.49. The van der Waals surface area contributed by atoms with Gasteiger partial charge in [0.2, 0.25) is 0 Å². The van der Waals surface area contributed by atoms with Crippen molar-refractivity contribution in [3.8, 4) is 0 Å². The zero-order chi connectivity index (χ0) is 9.90.